The van der Waals surface area contributed by atoms with Crippen LogP contribution in [-0.4, -0.2) is 28.5 Å². The summed E-state index contributed by atoms with van der Waals surface area (Å²) >= 11 is 1.67. The summed E-state index contributed by atoms with van der Waals surface area (Å²) in [6.45, 7) is 6.53. The third kappa shape index (κ3) is 3.97. The Morgan fingerprint density at radius 1 is 1.26 bits per heavy atom. The molecule has 0 fully saturated rings. The Morgan fingerprint density at radius 3 is 2.79 bits per heavy atom. The summed E-state index contributed by atoms with van der Waals surface area (Å²) < 4.78 is 0. The molecule has 0 aromatic carbocycles. The van der Waals surface area contributed by atoms with E-state index >= 15 is 0 Å². The van der Waals surface area contributed by atoms with Gasteiger partial charge in [0.05, 0.1) is 29.1 Å². The van der Waals surface area contributed by atoms with Gasteiger partial charge in [-0.15, -0.1) is 11.3 Å². The van der Waals surface area contributed by atoms with Gasteiger partial charge >= 0.3 is 0 Å². The van der Waals surface area contributed by atoms with Crippen molar-refractivity contribution in [2.75, 3.05) is 18.5 Å². The summed E-state index contributed by atoms with van der Waals surface area (Å²) in [7, 11) is 2.01. The highest BCUT2D eigenvalue weighted by Crippen LogP contribution is 2.14. The monoisotopic (exact) mass is 277 g/mol. The molecule has 2 heterocycles. The van der Waals surface area contributed by atoms with Gasteiger partial charge in [-0.1, -0.05) is 6.92 Å². The summed E-state index contributed by atoms with van der Waals surface area (Å²) in [6.07, 6.45) is 3.58. The van der Waals surface area contributed by atoms with Crippen LogP contribution in [0.3, 0.4) is 0 Å². The fourth-order valence-corrected chi connectivity index (χ4v) is 2.33. The molecule has 0 radical (unpaired) electrons. The second-order valence-corrected chi connectivity index (χ2v) is 5.43. The Balaban J connectivity index is 2.03. The van der Waals surface area contributed by atoms with E-state index in [1.807, 2.05) is 14.0 Å². The SMILES string of the molecule is CCNCc1cncc(N(C)Cc2csc(C)n2)n1. The van der Waals surface area contributed by atoms with E-state index in [-0.39, 0.29) is 0 Å². The lowest BCUT2D eigenvalue weighted by Crippen LogP contribution is -2.20. The van der Waals surface area contributed by atoms with Gasteiger partial charge in [0.2, 0.25) is 0 Å². The van der Waals surface area contributed by atoms with Crippen LogP contribution >= 0.6 is 11.3 Å². The molecule has 0 aliphatic carbocycles. The number of aryl methyl sites for hydroxylation is 1. The van der Waals surface area contributed by atoms with Crippen molar-refractivity contribution in [3.63, 3.8) is 0 Å². The fourth-order valence-electron chi connectivity index (χ4n) is 1.72. The van der Waals surface area contributed by atoms with E-state index in [1.54, 1.807) is 23.7 Å². The highest BCUT2D eigenvalue weighted by atomic mass is 32.1. The lowest BCUT2D eigenvalue weighted by molar-refractivity contribution is 0.704. The molecule has 2 aromatic rings. The third-order valence-corrected chi connectivity index (χ3v) is 3.51. The smallest absolute Gasteiger partial charge is 0.147 e. The van der Waals surface area contributed by atoms with Gasteiger partial charge in [0.1, 0.15) is 5.82 Å². The molecular weight excluding hydrogens is 258 g/mol. The van der Waals surface area contributed by atoms with E-state index in [2.05, 4.69) is 37.5 Å². The van der Waals surface area contributed by atoms with Crippen LogP contribution in [0.15, 0.2) is 17.8 Å². The Kier molecular flexibility index (Phi) is 4.81. The van der Waals surface area contributed by atoms with Gasteiger partial charge < -0.3 is 10.2 Å². The first kappa shape index (κ1) is 13.9. The fraction of sp³-hybridized carbons (Fsp3) is 0.462. The second-order valence-electron chi connectivity index (χ2n) is 4.36. The van der Waals surface area contributed by atoms with Crippen molar-refractivity contribution in [2.45, 2.75) is 26.9 Å². The lowest BCUT2D eigenvalue weighted by Gasteiger charge is -2.17. The molecule has 0 saturated carbocycles. The predicted molar refractivity (Wildman–Crippen MR) is 78.4 cm³/mol. The van der Waals surface area contributed by atoms with Gasteiger partial charge in [0.15, 0.2) is 0 Å². The average molecular weight is 277 g/mol. The Morgan fingerprint density at radius 2 is 2.11 bits per heavy atom. The number of nitrogens with one attached hydrogen (secondary N) is 1. The minimum Gasteiger partial charge on any atom is -0.352 e. The zero-order chi connectivity index (χ0) is 13.7. The maximum atomic E-state index is 4.59. The Hall–Kier alpha value is -1.53. The van der Waals surface area contributed by atoms with E-state index in [0.29, 0.717) is 0 Å². The van der Waals surface area contributed by atoms with Crippen LogP contribution in [-0.2, 0) is 13.1 Å². The maximum absolute atomic E-state index is 4.59. The van der Waals surface area contributed by atoms with Gasteiger partial charge in [-0.25, -0.2) is 9.97 Å². The molecule has 0 aliphatic heterocycles. The van der Waals surface area contributed by atoms with Crippen LogP contribution in [0.4, 0.5) is 5.82 Å². The first-order valence-corrected chi connectivity index (χ1v) is 7.20. The van der Waals surface area contributed by atoms with E-state index < -0.39 is 0 Å². The number of aromatic nitrogens is 3. The van der Waals surface area contributed by atoms with E-state index in [1.165, 1.54) is 0 Å². The van der Waals surface area contributed by atoms with E-state index in [0.717, 1.165) is 41.8 Å². The van der Waals surface area contributed by atoms with E-state index in [4.69, 9.17) is 0 Å². The molecule has 0 atom stereocenters. The van der Waals surface area contributed by atoms with Crippen molar-refractivity contribution in [3.8, 4) is 0 Å². The first-order valence-electron chi connectivity index (χ1n) is 6.33. The molecule has 102 valence electrons. The lowest BCUT2D eigenvalue weighted by atomic mass is 10.4. The summed E-state index contributed by atoms with van der Waals surface area (Å²) in [4.78, 5) is 15.4. The van der Waals surface area contributed by atoms with Gasteiger partial charge in [0, 0.05) is 25.2 Å². The van der Waals surface area contributed by atoms with Crippen LogP contribution < -0.4 is 10.2 Å². The minimum absolute atomic E-state index is 0.751. The zero-order valence-corrected chi connectivity index (χ0v) is 12.4. The van der Waals surface area contributed by atoms with Crippen molar-refractivity contribution in [1.82, 2.24) is 20.3 Å². The Bertz CT molecular complexity index is 525. The molecule has 0 unspecified atom stereocenters. The van der Waals surface area contributed by atoms with Crippen molar-refractivity contribution < 1.29 is 0 Å². The molecule has 0 spiro atoms. The van der Waals surface area contributed by atoms with Crippen molar-refractivity contribution in [1.29, 1.82) is 0 Å². The minimum atomic E-state index is 0.751. The molecule has 5 nitrogen and oxygen atoms in total. The molecule has 2 aromatic heterocycles. The summed E-state index contributed by atoms with van der Waals surface area (Å²) in [5.41, 5.74) is 2.03. The highest BCUT2D eigenvalue weighted by molar-refractivity contribution is 7.09. The molecule has 0 bridgehead atoms. The van der Waals surface area contributed by atoms with Gasteiger partial charge in [-0.2, -0.15) is 0 Å². The summed E-state index contributed by atoms with van der Waals surface area (Å²) in [5, 5.41) is 6.43. The standard InChI is InChI=1S/C13H19N5S/c1-4-14-5-11-6-15-7-13(17-11)18(3)8-12-9-19-10(2)16-12/h6-7,9,14H,4-5,8H2,1-3H3. The maximum Gasteiger partial charge on any atom is 0.147 e. The molecule has 0 aliphatic rings. The first-order chi connectivity index (χ1) is 9.19. The largest absolute Gasteiger partial charge is 0.352 e. The van der Waals surface area contributed by atoms with Gasteiger partial charge in [-0.3, -0.25) is 4.98 Å². The quantitative estimate of drug-likeness (QED) is 0.875. The van der Waals surface area contributed by atoms with Crippen LogP contribution in [0.2, 0.25) is 0 Å². The number of thiazole rings is 1. The molecule has 0 amide bonds. The van der Waals surface area contributed by atoms with E-state index in [9.17, 15) is 0 Å². The van der Waals surface area contributed by atoms with Gasteiger partial charge in [-0.05, 0) is 13.5 Å². The molecule has 1 N–H and O–H groups in total. The normalized spacial score (nSPS) is 10.7. The van der Waals surface area contributed by atoms with Crippen LogP contribution in [0.5, 0.6) is 0 Å². The average Bonchev–Trinajstić information content (AvgIpc) is 2.82. The molecular formula is C13H19N5S. The highest BCUT2D eigenvalue weighted by Gasteiger charge is 2.07. The molecule has 2 rings (SSSR count). The van der Waals surface area contributed by atoms with Crippen molar-refractivity contribution in [3.05, 3.63) is 34.2 Å². The second kappa shape index (κ2) is 6.58. The number of hydrogen-bond donors (Lipinski definition) is 1. The zero-order valence-electron chi connectivity index (χ0n) is 11.6. The summed E-state index contributed by atoms with van der Waals surface area (Å²) in [5.74, 6) is 0.876. The van der Waals surface area contributed by atoms with Crippen LogP contribution in [0.25, 0.3) is 0 Å². The number of nitrogens with zero attached hydrogens (tertiary/aromatic N) is 4. The number of hydrogen-bond acceptors (Lipinski definition) is 6. The van der Waals surface area contributed by atoms with Crippen LogP contribution in [0, 0.1) is 6.92 Å². The Labute approximate surface area is 117 Å². The molecule has 6 heteroatoms. The summed E-state index contributed by atoms with van der Waals surface area (Å²) in [6, 6.07) is 0. The molecule has 19 heavy (non-hydrogen) atoms. The molecule has 0 saturated heterocycles. The van der Waals surface area contributed by atoms with Crippen molar-refractivity contribution in [2.24, 2.45) is 0 Å². The third-order valence-electron chi connectivity index (χ3n) is 2.68. The van der Waals surface area contributed by atoms with Crippen molar-refractivity contribution >= 4 is 17.2 Å². The number of rotatable bonds is 6. The van der Waals surface area contributed by atoms with Gasteiger partial charge in [0.25, 0.3) is 0 Å². The topological polar surface area (TPSA) is 53.9 Å². The predicted octanol–water partition coefficient (Wildman–Crippen LogP) is 1.99. The van der Waals surface area contributed by atoms with Crippen LogP contribution in [0.1, 0.15) is 23.3 Å². The number of anilines is 1.